The molecular weight excluding hydrogens is 181 g/mol. The third-order valence-electron chi connectivity index (χ3n) is 1.75. The third-order valence-corrected chi connectivity index (χ3v) is 1.75. The number of amides is 2. The van der Waals surface area contributed by atoms with Gasteiger partial charge in [0.25, 0.3) is 0 Å². The fourth-order valence-corrected chi connectivity index (χ4v) is 1.05. The summed E-state index contributed by atoms with van der Waals surface area (Å²) in [6, 6.07) is 0. The molecule has 1 heterocycles. The number of carbonyl (C=O) groups is 2. The molecule has 0 aromatic carbocycles. The zero-order valence-electron chi connectivity index (χ0n) is 6.57. The largest absolute Gasteiger partial charge is 0.596 e. The van der Waals surface area contributed by atoms with Crippen LogP contribution in [0, 0.1) is 11.8 Å². The van der Waals surface area contributed by atoms with Gasteiger partial charge >= 0.3 is 0 Å². The molecule has 1 unspecified atom stereocenters. The Bertz CT molecular complexity index is 179. The van der Waals surface area contributed by atoms with Gasteiger partial charge in [0.15, 0.2) is 0 Å². The van der Waals surface area contributed by atoms with Crippen LogP contribution in [0.2, 0.25) is 0 Å². The number of imide groups is 1. The first-order valence-corrected chi connectivity index (χ1v) is 3.39. The second-order valence-electron chi connectivity index (χ2n) is 2.90. The Morgan fingerprint density at radius 2 is 2.00 bits per heavy atom. The number of carbonyl (C=O) groups excluding carboxylic acids is 2. The van der Waals surface area contributed by atoms with Crippen LogP contribution in [0.15, 0.2) is 0 Å². The molecule has 0 aliphatic carbocycles. The van der Waals surface area contributed by atoms with Crippen molar-refractivity contribution >= 4 is 11.8 Å². The summed E-state index contributed by atoms with van der Waals surface area (Å²) in [5.74, 6) is -0.404. The molecule has 1 radical (unpaired) electrons. The Hall–Kier alpha value is -0.276. The normalized spacial score (nSPS) is 23.4. The smallest absolute Gasteiger partial charge is 0.0603 e. The fraction of sp³-hybridized carbons (Fsp3) is 0.714. The second-order valence-corrected chi connectivity index (χ2v) is 2.90. The summed E-state index contributed by atoms with van der Waals surface area (Å²) in [5, 5.41) is 3.31. The van der Waals surface area contributed by atoms with Crippen molar-refractivity contribution in [3.05, 3.63) is 5.32 Å². The average molecular weight is 191 g/mol. The Morgan fingerprint density at radius 3 is 2.18 bits per heavy atom. The minimum Gasteiger partial charge on any atom is -0.596 e. The molecule has 0 saturated carbocycles. The Balaban J connectivity index is 0.000001000. The van der Waals surface area contributed by atoms with E-state index in [1.807, 2.05) is 13.8 Å². The van der Waals surface area contributed by atoms with Crippen molar-refractivity contribution in [2.24, 2.45) is 11.8 Å². The monoisotopic (exact) mass is 191 g/mol. The maximum absolute atomic E-state index is 10.8. The minimum atomic E-state index is -0.260. The zero-order chi connectivity index (χ0) is 7.72. The van der Waals surface area contributed by atoms with Crippen LogP contribution in [-0.2, 0) is 28.1 Å². The predicted molar refractivity (Wildman–Crippen MR) is 36.3 cm³/mol. The van der Waals surface area contributed by atoms with Gasteiger partial charge in [-0.1, -0.05) is 13.8 Å². The predicted octanol–water partition coefficient (Wildman–Crippen LogP) is 1.09. The van der Waals surface area contributed by atoms with Gasteiger partial charge in [-0.25, -0.2) is 0 Å². The van der Waals surface area contributed by atoms with E-state index in [4.69, 9.17) is 0 Å². The van der Waals surface area contributed by atoms with Gasteiger partial charge in [-0.3, -0.25) is 0 Å². The molecule has 1 saturated heterocycles. The van der Waals surface area contributed by atoms with Crippen molar-refractivity contribution in [3.8, 4) is 0 Å². The van der Waals surface area contributed by atoms with Crippen LogP contribution < -0.4 is 0 Å². The second kappa shape index (κ2) is 3.93. The van der Waals surface area contributed by atoms with Crippen molar-refractivity contribution in [1.82, 2.24) is 0 Å². The maximum atomic E-state index is 10.8. The van der Waals surface area contributed by atoms with Crippen LogP contribution in [0.25, 0.3) is 5.32 Å². The van der Waals surface area contributed by atoms with Gasteiger partial charge in [0.05, 0.1) is 11.8 Å². The molecule has 0 spiro atoms. The molecule has 0 N–H and O–H groups in total. The van der Waals surface area contributed by atoms with Crippen LogP contribution in [0.5, 0.6) is 0 Å². The summed E-state index contributed by atoms with van der Waals surface area (Å²) in [5.41, 5.74) is 0. The van der Waals surface area contributed by atoms with Crippen LogP contribution >= 0.6 is 0 Å². The third kappa shape index (κ3) is 2.35. The van der Waals surface area contributed by atoms with Gasteiger partial charge in [0, 0.05) is 24.5 Å². The molecule has 4 heteroatoms. The summed E-state index contributed by atoms with van der Waals surface area (Å²) in [6.07, 6.45) is 0.316. The summed E-state index contributed by atoms with van der Waals surface area (Å²) in [6.45, 7) is 3.85. The fourth-order valence-electron chi connectivity index (χ4n) is 1.05. The summed E-state index contributed by atoms with van der Waals surface area (Å²) in [4.78, 5) is 21.4. The molecule has 0 aromatic rings. The van der Waals surface area contributed by atoms with Crippen molar-refractivity contribution in [2.45, 2.75) is 20.3 Å². The molecule has 2 amide bonds. The quantitative estimate of drug-likeness (QED) is 0.582. The molecule has 1 aliphatic rings. The molecule has 11 heavy (non-hydrogen) atoms. The van der Waals surface area contributed by atoms with Crippen molar-refractivity contribution in [1.29, 1.82) is 0 Å². The molecule has 1 aliphatic heterocycles. The van der Waals surface area contributed by atoms with Crippen LogP contribution in [0.3, 0.4) is 0 Å². The molecule has 1 atom stereocenters. The average Bonchev–Trinajstić information content (AvgIpc) is 2.10. The summed E-state index contributed by atoms with van der Waals surface area (Å²) in [7, 11) is 0. The molecule has 61 valence electrons. The van der Waals surface area contributed by atoms with Gasteiger partial charge in [-0.15, -0.1) is 0 Å². The van der Waals surface area contributed by atoms with Crippen LogP contribution in [0.1, 0.15) is 20.3 Å². The first-order valence-electron chi connectivity index (χ1n) is 3.39. The van der Waals surface area contributed by atoms with Gasteiger partial charge in [-0.2, -0.15) is 0 Å². The van der Waals surface area contributed by atoms with E-state index in [9.17, 15) is 9.59 Å². The van der Waals surface area contributed by atoms with Crippen molar-refractivity contribution < 1.29 is 28.1 Å². The molecule has 0 bridgehead atoms. The van der Waals surface area contributed by atoms with Crippen LogP contribution in [-0.4, -0.2) is 11.8 Å². The van der Waals surface area contributed by atoms with Crippen LogP contribution in [0.4, 0.5) is 0 Å². The van der Waals surface area contributed by atoms with Gasteiger partial charge in [-0.05, 0) is 12.3 Å². The van der Waals surface area contributed by atoms with E-state index in [0.717, 1.165) is 0 Å². The molecule has 1 fully saturated rings. The summed E-state index contributed by atoms with van der Waals surface area (Å²) >= 11 is 0. The standard InChI is InChI=1S/C7H11NO2.V/c1-4(2)5-3-6(9)8-7(5)10;/h4-5H,3H2,1-2H3,(H,8,9,10);/p-1. The number of hydrogen-bond acceptors (Lipinski definition) is 2. The number of hydrogen-bond donors (Lipinski definition) is 0. The van der Waals surface area contributed by atoms with E-state index in [2.05, 4.69) is 5.32 Å². The Morgan fingerprint density at radius 1 is 1.45 bits per heavy atom. The number of nitrogens with zero attached hydrogens (tertiary/aromatic N) is 1. The minimum absolute atomic E-state index is 0. The zero-order valence-corrected chi connectivity index (χ0v) is 7.97. The van der Waals surface area contributed by atoms with E-state index in [-0.39, 0.29) is 42.2 Å². The first-order chi connectivity index (χ1) is 4.61. The molecule has 0 aromatic heterocycles. The maximum Gasteiger partial charge on any atom is 0.0603 e. The summed E-state index contributed by atoms with van der Waals surface area (Å²) < 4.78 is 0. The first kappa shape index (κ1) is 10.7. The van der Waals surface area contributed by atoms with Gasteiger partial charge in [0.2, 0.25) is 0 Å². The van der Waals surface area contributed by atoms with Gasteiger partial charge in [0.1, 0.15) is 0 Å². The van der Waals surface area contributed by atoms with E-state index in [1.54, 1.807) is 0 Å². The number of rotatable bonds is 1. The molecular formula is C7H10NO2V-. The SMILES string of the molecule is CC(C)C1CC(=O)[N-]C1=O.[V]. The Kier molecular flexibility index (Phi) is 3.83. The van der Waals surface area contributed by atoms with E-state index in [0.29, 0.717) is 6.42 Å². The van der Waals surface area contributed by atoms with Crippen molar-refractivity contribution in [2.75, 3.05) is 0 Å². The van der Waals surface area contributed by atoms with E-state index in [1.165, 1.54) is 0 Å². The van der Waals surface area contributed by atoms with E-state index < -0.39 is 0 Å². The van der Waals surface area contributed by atoms with E-state index >= 15 is 0 Å². The topological polar surface area (TPSA) is 48.2 Å². The Labute approximate surface area is 77.8 Å². The molecule has 3 nitrogen and oxygen atoms in total. The van der Waals surface area contributed by atoms with Crippen molar-refractivity contribution in [3.63, 3.8) is 0 Å². The molecule has 1 rings (SSSR count). The van der Waals surface area contributed by atoms with Gasteiger partial charge < -0.3 is 14.9 Å².